The summed E-state index contributed by atoms with van der Waals surface area (Å²) in [6.45, 7) is 1.02. The average Bonchev–Trinajstić information content (AvgIpc) is 2.93. The topological polar surface area (TPSA) is 54.0 Å². The van der Waals surface area contributed by atoms with Crippen LogP contribution in [0, 0.1) is 0 Å². The lowest BCUT2D eigenvalue weighted by Crippen LogP contribution is -2.57. The van der Waals surface area contributed by atoms with Crippen molar-refractivity contribution in [3.63, 3.8) is 0 Å². The second kappa shape index (κ2) is 5.59. The third kappa shape index (κ3) is 2.98. The van der Waals surface area contributed by atoms with Crippen molar-refractivity contribution in [3.05, 3.63) is 16.6 Å². The lowest BCUT2D eigenvalue weighted by atomic mass is 9.75. The van der Waals surface area contributed by atoms with Crippen LogP contribution in [-0.4, -0.2) is 29.0 Å². The Hall–Kier alpha value is -0.940. The zero-order chi connectivity index (χ0) is 13.1. The number of carbonyl (C=O) groups is 1. The summed E-state index contributed by atoms with van der Waals surface area (Å²) in [5, 5.41) is 8.68. The van der Waals surface area contributed by atoms with Gasteiger partial charge in [0.25, 0.3) is 5.91 Å². The van der Waals surface area contributed by atoms with E-state index < -0.39 is 0 Å². The molecule has 104 valence electrons. The Labute approximate surface area is 118 Å². The number of piperidine rings is 1. The second-order valence-corrected chi connectivity index (χ2v) is 6.52. The highest BCUT2D eigenvalue weighted by molar-refractivity contribution is 7.07. The van der Waals surface area contributed by atoms with Crippen molar-refractivity contribution in [3.8, 4) is 0 Å². The monoisotopic (exact) mass is 279 g/mol. The van der Waals surface area contributed by atoms with Gasteiger partial charge < -0.3 is 10.6 Å². The smallest absolute Gasteiger partial charge is 0.270 e. The van der Waals surface area contributed by atoms with Gasteiger partial charge in [-0.25, -0.2) is 4.98 Å². The first-order chi connectivity index (χ1) is 9.27. The van der Waals surface area contributed by atoms with Crippen LogP contribution in [0.4, 0.5) is 0 Å². The van der Waals surface area contributed by atoms with Gasteiger partial charge in [0.2, 0.25) is 0 Å². The third-order valence-electron chi connectivity index (χ3n) is 4.44. The van der Waals surface area contributed by atoms with Crippen LogP contribution < -0.4 is 10.6 Å². The number of nitrogens with zero attached hydrogens (tertiary/aromatic N) is 1. The molecule has 2 fully saturated rings. The molecule has 0 aromatic carbocycles. The molecular weight excluding hydrogens is 258 g/mol. The Balaban J connectivity index is 1.60. The number of thiazole rings is 1. The molecule has 1 atom stereocenters. The Kier molecular flexibility index (Phi) is 3.84. The molecule has 0 bridgehead atoms. The molecule has 5 heteroatoms. The summed E-state index contributed by atoms with van der Waals surface area (Å²) in [7, 11) is 0. The SMILES string of the molecule is O=C(NC1CCNC2(CCCCC2)C1)c1cscn1. The number of rotatable bonds is 2. The minimum atomic E-state index is -0.0147. The number of hydrogen-bond donors (Lipinski definition) is 2. The van der Waals surface area contributed by atoms with E-state index in [0.29, 0.717) is 11.7 Å². The van der Waals surface area contributed by atoms with Crippen molar-refractivity contribution in [1.82, 2.24) is 15.6 Å². The van der Waals surface area contributed by atoms with Crippen LogP contribution in [0.25, 0.3) is 0 Å². The van der Waals surface area contributed by atoms with Gasteiger partial charge in [-0.2, -0.15) is 0 Å². The molecule has 2 N–H and O–H groups in total. The molecule has 3 rings (SSSR count). The van der Waals surface area contributed by atoms with E-state index in [4.69, 9.17) is 0 Å². The minimum absolute atomic E-state index is 0.0147. The van der Waals surface area contributed by atoms with Crippen molar-refractivity contribution in [1.29, 1.82) is 0 Å². The van der Waals surface area contributed by atoms with Gasteiger partial charge in [-0.15, -0.1) is 11.3 Å². The van der Waals surface area contributed by atoms with Crippen LogP contribution in [0.5, 0.6) is 0 Å². The highest BCUT2D eigenvalue weighted by Crippen LogP contribution is 2.34. The van der Waals surface area contributed by atoms with E-state index in [9.17, 15) is 4.79 Å². The highest BCUT2D eigenvalue weighted by Gasteiger charge is 2.37. The van der Waals surface area contributed by atoms with E-state index in [2.05, 4.69) is 15.6 Å². The minimum Gasteiger partial charge on any atom is -0.348 e. The maximum absolute atomic E-state index is 12.1. The molecule has 2 heterocycles. The highest BCUT2D eigenvalue weighted by atomic mass is 32.1. The molecule has 1 aliphatic heterocycles. The van der Waals surface area contributed by atoms with Crippen LogP contribution >= 0.6 is 11.3 Å². The van der Waals surface area contributed by atoms with Gasteiger partial charge in [0, 0.05) is 17.0 Å². The maximum Gasteiger partial charge on any atom is 0.270 e. The zero-order valence-electron chi connectivity index (χ0n) is 11.2. The van der Waals surface area contributed by atoms with Crippen LogP contribution in [0.2, 0.25) is 0 Å². The molecule has 0 radical (unpaired) electrons. The summed E-state index contributed by atoms with van der Waals surface area (Å²) in [4.78, 5) is 16.1. The fourth-order valence-electron chi connectivity index (χ4n) is 3.47. The molecule has 1 aliphatic carbocycles. The van der Waals surface area contributed by atoms with E-state index in [-0.39, 0.29) is 11.4 Å². The molecule has 4 nitrogen and oxygen atoms in total. The van der Waals surface area contributed by atoms with Crippen LogP contribution in [0.1, 0.15) is 55.4 Å². The van der Waals surface area contributed by atoms with E-state index in [1.54, 1.807) is 5.51 Å². The third-order valence-corrected chi connectivity index (χ3v) is 5.03. The van der Waals surface area contributed by atoms with E-state index in [0.717, 1.165) is 19.4 Å². The Morgan fingerprint density at radius 3 is 3.00 bits per heavy atom. The molecule has 1 aromatic heterocycles. The maximum atomic E-state index is 12.1. The molecule has 1 unspecified atom stereocenters. The molecule has 1 spiro atoms. The lowest BCUT2D eigenvalue weighted by Gasteiger charge is -2.44. The number of amides is 1. The molecule has 1 saturated heterocycles. The summed E-state index contributed by atoms with van der Waals surface area (Å²) in [6, 6.07) is 0.300. The van der Waals surface area contributed by atoms with Crippen molar-refractivity contribution < 1.29 is 4.79 Å². The fraction of sp³-hybridized carbons (Fsp3) is 0.714. The first-order valence-corrected chi connectivity index (χ1v) is 8.16. The first kappa shape index (κ1) is 13.1. The van der Waals surface area contributed by atoms with Gasteiger partial charge in [0.1, 0.15) is 5.69 Å². The quantitative estimate of drug-likeness (QED) is 0.873. The standard InChI is InChI=1S/C14H21N3OS/c18-13(12-9-19-10-15-12)17-11-4-7-16-14(8-11)5-2-1-3-6-14/h9-11,16H,1-8H2,(H,17,18). The van der Waals surface area contributed by atoms with E-state index in [1.165, 1.54) is 43.4 Å². The van der Waals surface area contributed by atoms with Crippen molar-refractivity contribution in [2.75, 3.05) is 6.54 Å². The Morgan fingerprint density at radius 2 is 2.26 bits per heavy atom. The largest absolute Gasteiger partial charge is 0.348 e. The van der Waals surface area contributed by atoms with Gasteiger partial charge in [0.05, 0.1) is 5.51 Å². The van der Waals surface area contributed by atoms with Crippen molar-refractivity contribution in [2.45, 2.75) is 56.5 Å². The average molecular weight is 279 g/mol. The Bertz CT molecular complexity index is 420. The summed E-state index contributed by atoms with van der Waals surface area (Å²) < 4.78 is 0. The molecule has 1 amide bonds. The normalized spacial score (nSPS) is 26.2. The summed E-state index contributed by atoms with van der Waals surface area (Å²) in [5.74, 6) is -0.0147. The lowest BCUT2D eigenvalue weighted by molar-refractivity contribution is 0.0888. The predicted octanol–water partition coefficient (Wildman–Crippen LogP) is 2.33. The predicted molar refractivity (Wildman–Crippen MR) is 76.4 cm³/mol. The van der Waals surface area contributed by atoms with Gasteiger partial charge >= 0.3 is 0 Å². The van der Waals surface area contributed by atoms with Gasteiger partial charge in [-0.1, -0.05) is 19.3 Å². The van der Waals surface area contributed by atoms with Gasteiger partial charge in [0.15, 0.2) is 0 Å². The number of nitrogens with one attached hydrogen (secondary N) is 2. The van der Waals surface area contributed by atoms with Gasteiger partial charge in [-0.3, -0.25) is 4.79 Å². The molecule has 1 aromatic rings. The molecule has 2 aliphatic rings. The van der Waals surface area contributed by atoms with Crippen LogP contribution in [-0.2, 0) is 0 Å². The van der Waals surface area contributed by atoms with E-state index in [1.807, 2.05) is 5.38 Å². The van der Waals surface area contributed by atoms with Crippen molar-refractivity contribution in [2.24, 2.45) is 0 Å². The van der Waals surface area contributed by atoms with Crippen LogP contribution in [0.15, 0.2) is 10.9 Å². The molecule has 19 heavy (non-hydrogen) atoms. The number of hydrogen-bond acceptors (Lipinski definition) is 4. The first-order valence-electron chi connectivity index (χ1n) is 7.22. The molecule has 1 saturated carbocycles. The summed E-state index contributed by atoms with van der Waals surface area (Å²) in [6.07, 6.45) is 8.62. The van der Waals surface area contributed by atoms with Gasteiger partial charge in [-0.05, 0) is 32.2 Å². The molecular formula is C14H21N3OS. The van der Waals surface area contributed by atoms with Crippen LogP contribution in [0.3, 0.4) is 0 Å². The zero-order valence-corrected chi connectivity index (χ0v) is 12.0. The summed E-state index contributed by atoms with van der Waals surface area (Å²) in [5.41, 5.74) is 2.55. The second-order valence-electron chi connectivity index (χ2n) is 5.80. The number of carbonyl (C=O) groups excluding carboxylic acids is 1. The summed E-state index contributed by atoms with van der Waals surface area (Å²) >= 11 is 1.47. The number of aromatic nitrogens is 1. The van der Waals surface area contributed by atoms with E-state index >= 15 is 0 Å². The fourth-order valence-corrected chi connectivity index (χ4v) is 4.01. The van der Waals surface area contributed by atoms with Crippen molar-refractivity contribution >= 4 is 17.2 Å². The Morgan fingerprint density at radius 1 is 1.42 bits per heavy atom.